The van der Waals surface area contributed by atoms with Crippen LogP contribution in [0.4, 0.5) is 0 Å². The summed E-state index contributed by atoms with van der Waals surface area (Å²) in [5, 5.41) is 3.00. The highest BCUT2D eigenvalue weighted by Gasteiger charge is 1.94. The van der Waals surface area contributed by atoms with Crippen molar-refractivity contribution >= 4 is 9.68 Å². The third kappa shape index (κ3) is 0.716. The van der Waals surface area contributed by atoms with Crippen molar-refractivity contribution in [3.05, 3.63) is 0 Å². The molecule has 0 amide bonds. The second kappa shape index (κ2) is 1.54. The molecule has 1 heterocycles. The lowest BCUT2D eigenvalue weighted by Gasteiger charge is -1.81. The first-order chi connectivity index (χ1) is 2.50. The molecular weight excluding hydrogens is 80.1 g/mol. The summed E-state index contributed by atoms with van der Waals surface area (Å²) < 4.78 is 0. The van der Waals surface area contributed by atoms with Crippen LogP contribution in [-0.2, 0) is 0 Å². The summed E-state index contributed by atoms with van der Waals surface area (Å²) in [5.41, 5.74) is 2.98. The summed E-state index contributed by atoms with van der Waals surface area (Å²) in [4.78, 5) is 0. The van der Waals surface area contributed by atoms with Gasteiger partial charge in [-0.05, 0) is 6.04 Å². The molecule has 2 radical (unpaired) electrons. The molecule has 0 aromatic rings. The van der Waals surface area contributed by atoms with Crippen LogP contribution < -0.4 is 10.5 Å². The van der Waals surface area contributed by atoms with E-state index in [2.05, 4.69) is 10.5 Å². The van der Waals surface area contributed by atoms with E-state index in [1.807, 2.05) is 0 Å². The second-order valence-electron chi connectivity index (χ2n) is 0.979. The van der Waals surface area contributed by atoms with Crippen molar-refractivity contribution in [2.45, 2.75) is 6.04 Å². The van der Waals surface area contributed by atoms with Crippen LogP contribution in [0.1, 0.15) is 0 Å². The second-order valence-corrected chi connectivity index (χ2v) is 2.08. The van der Waals surface area contributed by atoms with E-state index >= 15 is 0 Å². The molecule has 2 nitrogen and oxygen atoms in total. The molecule has 1 saturated heterocycles. The molecule has 0 unspecified atom stereocenters. The first-order valence-electron chi connectivity index (χ1n) is 1.71. The molecule has 3 heteroatoms. The van der Waals surface area contributed by atoms with Crippen molar-refractivity contribution in [1.29, 1.82) is 0 Å². The number of rotatable bonds is 0. The molecule has 0 bridgehead atoms. The van der Waals surface area contributed by atoms with Gasteiger partial charge >= 0.3 is 0 Å². The van der Waals surface area contributed by atoms with Crippen LogP contribution in [0.25, 0.3) is 0 Å². The Hall–Kier alpha value is 0.137. The van der Waals surface area contributed by atoms with Gasteiger partial charge in [-0.15, -0.1) is 0 Å². The number of hydrogen-bond donors (Lipinski definition) is 2. The monoisotopic (exact) mass is 86.0 g/mol. The van der Waals surface area contributed by atoms with Gasteiger partial charge in [0.05, 0.1) is 0 Å². The van der Waals surface area contributed by atoms with Gasteiger partial charge in [0.2, 0.25) is 0 Å². The van der Waals surface area contributed by atoms with E-state index in [4.69, 9.17) is 0 Å². The van der Waals surface area contributed by atoms with E-state index in [1.165, 1.54) is 6.04 Å². The van der Waals surface area contributed by atoms with E-state index in [0.29, 0.717) is 0 Å². The fourth-order valence-corrected chi connectivity index (χ4v) is 0.937. The van der Waals surface area contributed by atoms with Crippen LogP contribution in [0.3, 0.4) is 0 Å². The summed E-state index contributed by atoms with van der Waals surface area (Å²) in [6, 6.07) is 1.31. The van der Waals surface area contributed by atoms with Gasteiger partial charge in [0.15, 0.2) is 9.68 Å². The molecule has 0 saturated carbocycles. The topological polar surface area (TPSA) is 24.1 Å². The van der Waals surface area contributed by atoms with Crippen LogP contribution in [-0.4, -0.2) is 16.2 Å². The highest BCUT2D eigenvalue weighted by Crippen LogP contribution is 1.73. The first-order valence-corrected chi connectivity index (χ1v) is 2.91. The van der Waals surface area contributed by atoms with Gasteiger partial charge in [-0.1, -0.05) is 0 Å². The maximum atomic E-state index is 3.00. The predicted octanol–water partition coefficient (Wildman–Crippen LogP) is -0.868. The van der Waals surface area contributed by atoms with Crippen molar-refractivity contribution < 1.29 is 0 Å². The quantitative estimate of drug-likeness (QED) is 0.374. The van der Waals surface area contributed by atoms with E-state index < -0.39 is 0 Å². The first kappa shape index (κ1) is 3.33. The lowest BCUT2D eigenvalue weighted by molar-refractivity contribution is 0.757. The number of hydrazine groups is 1. The van der Waals surface area contributed by atoms with E-state index in [-0.39, 0.29) is 0 Å². The Balaban J connectivity index is 2.08. The highest BCUT2D eigenvalue weighted by atomic mass is 28.2. The Bertz CT molecular complexity index is 19.2. The molecule has 5 heavy (non-hydrogen) atoms. The van der Waals surface area contributed by atoms with Crippen LogP contribution in [0, 0.1) is 0 Å². The minimum absolute atomic E-state index is 0.948. The van der Waals surface area contributed by atoms with Crippen LogP contribution in [0.5, 0.6) is 0 Å². The molecule has 0 aromatic heterocycles. The Morgan fingerprint density at radius 2 is 2.60 bits per heavy atom. The summed E-state index contributed by atoms with van der Waals surface area (Å²) in [7, 11) is 0.948. The minimum atomic E-state index is 0.948. The SMILES string of the molecule is C1C[Si]NN1. The summed E-state index contributed by atoms with van der Waals surface area (Å²) in [6.07, 6.45) is 0. The number of hydrogen-bond acceptors (Lipinski definition) is 2. The van der Waals surface area contributed by atoms with E-state index in [9.17, 15) is 0 Å². The molecule has 0 spiro atoms. The average Bonchev–Trinajstić information content (AvgIpc) is 1.76. The Labute approximate surface area is 33.8 Å². The third-order valence-corrected chi connectivity index (χ3v) is 1.41. The molecule has 0 aliphatic carbocycles. The Morgan fingerprint density at radius 3 is 2.80 bits per heavy atom. The highest BCUT2D eigenvalue weighted by molar-refractivity contribution is 6.32. The van der Waals surface area contributed by atoms with Gasteiger partial charge in [0, 0.05) is 6.54 Å². The zero-order valence-electron chi connectivity index (χ0n) is 2.91. The summed E-state index contributed by atoms with van der Waals surface area (Å²) >= 11 is 0. The lowest BCUT2D eigenvalue weighted by Crippen LogP contribution is -2.23. The van der Waals surface area contributed by atoms with Crippen molar-refractivity contribution in [2.75, 3.05) is 6.54 Å². The normalized spacial score (nSPS) is 24.0. The fraction of sp³-hybridized carbons (Fsp3) is 1.00. The maximum absolute atomic E-state index is 3.00. The molecule has 2 N–H and O–H groups in total. The molecule has 1 aliphatic heterocycles. The zero-order valence-corrected chi connectivity index (χ0v) is 3.91. The zero-order chi connectivity index (χ0) is 3.54. The Morgan fingerprint density at radius 1 is 1.60 bits per heavy atom. The molecule has 0 aromatic carbocycles. The van der Waals surface area contributed by atoms with Crippen LogP contribution in [0.15, 0.2) is 0 Å². The molecule has 1 fully saturated rings. The lowest BCUT2D eigenvalue weighted by atomic mass is 10.8. The van der Waals surface area contributed by atoms with E-state index in [1.54, 1.807) is 0 Å². The molecular formula is C2H6N2Si. The van der Waals surface area contributed by atoms with Crippen molar-refractivity contribution in [2.24, 2.45) is 0 Å². The van der Waals surface area contributed by atoms with Crippen molar-refractivity contribution in [3.8, 4) is 0 Å². The summed E-state index contributed by atoms with van der Waals surface area (Å²) in [6.45, 7) is 1.15. The standard InChI is InChI=1S/C2H6N2Si/c1-2-5-4-3-1/h3-4H,1-2H2. The van der Waals surface area contributed by atoms with Crippen molar-refractivity contribution in [1.82, 2.24) is 10.5 Å². The predicted molar refractivity (Wildman–Crippen MR) is 21.7 cm³/mol. The molecule has 1 rings (SSSR count). The van der Waals surface area contributed by atoms with Gasteiger partial charge in [-0.25, -0.2) is 0 Å². The molecule has 1 aliphatic rings. The van der Waals surface area contributed by atoms with Crippen LogP contribution in [0.2, 0.25) is 6.04 Å². The third-order valence-electron chi connectivity index (χ3n) is 0.552. The molecule has 28 valence electrons. The fourth-order valence-electron chi connectivity index (χ4n) is 0.312. The van der Waals surface area contributed by atoms with Gasteiger partial charge in [-0.3, -0.25) is 10.5 Å². The maximum Gasteiger partial charge on any atom is 0.159 e. The average molecular weight is 86.2 g/mol. The minimum Gasteiger partial charge on any atom is -0.281 e. The Kier molecular flexibility index (Phi) is 1.03. The van der Waals surface area contributed by atoms with Gasteiger partial charge in [0.25, 0.3) is 0 Å². The van der Waals surface area contributed by atoms with Gasteiger partial charge < -0.3 is 0 Å². The van der Waals surface area contributed by atoms with Gasteiger partial charge in [0.1, 0.15) is 0 Å². The smallest absolute Gasteiger partial charge is 0.159 e. The van der Waals surface area contributed by atoms with Crippen molar-refractivity contribution in [3.63, 3.8) is 0 Å². The van der Waals surface area contributed by atoms with Gasteiger partial charge in [-0.2, -0.15) is 0 Å². The summed E-state index contributed by atoms with van der Waals surface area (Å²) in [5.74, 6) is 0. The molecule has 0 atom stereocenters. The largest absolute Gasteiger partial charge is 0.281 e. The number of nitrogens with one attached hydrogen (secondary N) is 2. The van der Waals surface area contributed by atoms with Crippen LogP contribution >= 0.6 is 0 Å². The van der Waals surface area contributed by atoms with E-state index in [0.717, 1.165) is 16.2 Å².